The van der Waals surface area contributed by atoms with Crippen LogP contribution in [0, 0.1) is 12.0 Å². The third-order valence-corrected chi connectivity index (χ3v) is 6.78. The summed E-state index contributed by atoms with van der Waals surface area (Å²) in [6, 6.07) is 8.03. The smallest absolute Gasteiger partial charge is 0.241 e. The first-order valence-corrected chi connectivity index (χ1v) is 10.1. The van der Waals surface area contributed by atoms with Gasteiger partial charge >= 0.3 is 0 Å². The third kappa shape index (κ3) is 2.43. The highest BCUT2D eigenvalue weighted by atomic mass is 32.1. The Hall–Kier alpha value is -2.91. The van der Waals surface area contributed by atoms with Gasteiger partial charge in [-0.2, -0.15) is 16.4 Å². The fourth-order valence-electron chi connectivity index (χ4n) is 4.63. The van der Waals surface area contributed by atoms with Gasteiger partial charge in [0.05, 0.1) is 24.2 Å². The van der Waals surface area contributed by atoms with E-state index in [1.807, 2.05) is 30.1 Å². The number of benzene rings is 1. The molecule has 140 valence electrons. The quantitative estimate of drug-likeness (QED) is 0.569. The minimum atomic E-state index is -0.158. The Morgan fingerprint density at radius 1 is 1.29 bits per heavy atom. The fraction of sp³-hybridized carbons (Fsp3) is 0.318. The van der Waals surface area contributed by atoms with Crippen LogP contribution >= 0.6 is 11.3 Å². The van der Waals surface area contributed by atoms with Gasteiger partial charge in [0, 0.05) is 46.3 Å². The average Bonchev–Trinajstić information content (AvgIpc) is 3.25. The van der Waals surface area contributed by atoms with Crippen molar-refractivity contribution in [2.45, 2.75) is 32.6 Å². The monoisotopic (exact) mass is 388 g/mol. The molecule has 2 aromatic heterocycles. The van der Waals surface area contributed by atoms with Gasteiger partial charge in [-0.25, -0.2) is 4.85 Å². The third-order valence-electron chi connectivity index (χ3n) is 5.73. The standard InChI is InChI=1S/C22H20N4OS/c1-22(2)9-14-18(15(27)10-22)20(16-7-8-17(23-3)28-16)19-13(25-14)6-5-12-11-24-26(4)21(12)19/h5-8,11,20,25H,9-10H2,1-2,4H3. The minimum Gasteiger partial charge on any atom is -0.358 e. The van der Waals surface area contributed by atoms with Gasteiger partial charge in [-0.3, -0.25) is 9.48 Å². The largest absolute Gasteiger partial charge is 0.358 e. The Morgan fingerprint density at radius 2 is 2.11 bits per heavy atom. The lowest BCUT2D eigenvalue weighted by atomic mass is 9.69. The van der Waals surface area contributed by atoms with E-state index in [2.05, 4.69) is 41.2 Å². The van der Waals surface area contributed by atoms with E-state index in [-0.39, 0.29) is 17.1 Å². The zero-order chi connectivity index (χ0) is 19.6. The molecular formula is C22H20N4OS. The first-order chi connectivity index (χ1) is 13.4. The van der Waals surface area contributed by atoms with Gasteiger partial charge in [0.1, 0.15) is 0 Å². The fourth-order valence-corrected chi connectivity index (χ4v) is 5.54. The minimum absolute atomic E-state index is 0.0568. The molecule has 0 radical (unpaired) electrons. The highest BCUT2D eigenvalue weighted by molar-refractivity contribution is 7.16. The number of Topliss-reactive ketones (excluding diaryl/α,β-unsaturated/α-hetero) is 1. The van der Waals surface area contributed by atoms with Gasteiger partial charge in [0.2, 0.25) is 5.00 Å². The van der Waals surface area contributed by atoms with Crippen LogP contribution in [0.1, 0.15) is 43.0 Å². The summed E-state index contributed by atoms with van der Waals surface area (Å²) in [5, 5.41) is 9.73. The van der Waals surface area contributed by atoms with Gasteiger partial charge in [-0.1, -0.05) is 19.9 Å². The number of allylic oxidation sites excluding steroid dienone is 2. The second-order valence-corrected chi connectivity index (χ2v) is 9.51. The Bertz CT molecular complexity index is 1220. The van der Waals surface area contributed by atoms with Crippen molar-refractivity contribution in [1.29, 1.82) is 0 Å². The van der Waals surface area contributed by atoms with Gasteiger partial charge in [0.15, 0.2) is 5.78 Å². The molecule has 0 saturated heterocycles. The molecule has 2 aliphatic rings. The number of ketones is 1. The van der Waals surface area contributed by atoms with E-state index in [4.69, 9.17) is 6.57 Å². The maximum Gasteiger partial charge on any atom is 0.241 e. The van der Waals surface area contributed by atoms with Gasteiger partial charge in [-0.15, -0.1) is 0 Å². The summed E-state index contributed by atoms with van der Waals surface area (Å²) in [6.07, 6.45) is 3.25. The van der Waals surface area contributed by atoms with Crippen LogP contribution in [-0.2, 0) is 11.8 Å². The summed E-state index contributed by atoms with van der Waals surface area (Å²) < 4.78 is 1.88. The molecule has 3 aromatic rings. The van der Waals surface area contributed by atoms with Crippen molar-refractivity contribution in [2.75, 3.05) is 5.32 Å². The number of fused-ring (bicyclic) bond motifs is 3. The van der Waals surface area contributed by atoms with E-state index in [1.165, 1.54) is 11.3 Å². The lowest BCUT2D eigenvalue weighted by molar-refractivity contribution is -0.118. The summed E-state index contributed by atoms with van der Waals surface area (Å²) >= 11 is 1.48. The summed E-state index contributed by atoms with van der Waals surface area (Å²) in [6.45, 7) is 11.7. The van der Waals surface area contributed by atoms with E-state index in [9.17, 15) is 4.79 Å². The Balaban J connectivity index is 1.83. The number of carbonyl (C=O) groups is 1. The number of hydrogen-bond acceptors (Lipinski definition) is 4. The highest BCUT2D eigenvalue weighted by Crippen LogP contribution is 2.52. The number of nitrogens with one attached hydrogen (secondary N) is 1. The lowest BCUT2D eigenvalue weighted by Crippen LogP contribution is -2.33. The van der Waals surface area contributed by atoms with Crippen LogP contribution in [0.5, 0.6) is 0 Å². The molecule has 6 heteroatoms. The molecule has 0 spiro atoms. The molecule has 1 atom stereocenters. The van der Waals surface area contributed by atoms with Crippen molar-refractivity contribution in [1.82, 2.24) is 9.78 Å². The number of anilines is 1. The van der Waals surface area contributed by atoms with Crippen LogP contribution in [-0.4, -0.2) is 15.6 Å². The topological polar surface area (TPSA) is 51.3 Å². The molecule has 1 aliphatic heterocycles. The van der Waals surface area contributed by atoms with Crippen LogP contribution in [0.3, 0.4) is 0 Å². The zero-order valence-electron chi connectivity index (χ0n) is 16.0. The molecule has 1 N–H and O–H groups in total. The maximum atomic E-state index is 13.3. The molecule has 3 heterocycles. The van der Waals surface area contributed by atoms with Crippen LogP contribution in [0.25, 0.3) is 15.7 Å². The highest BCUT2D eigenvalue weighted by Gasteiger charge is 2.42. The second-order valence-electron chi connectivity index (χ2n) is 8.41. The molecule has 1 aliphatic carbocycles. The van der Waals surface area contributed by atoms with Crippen molar-refractivity contribution >= 4 is 38.7 Å². The SMILES string of the molecule is [C-]#[N+]c1ccc(C2C3=C(CC(C)(C)CC3=O)Nc3ccc4cnn(C)c4c32)s1. The van der Waals surface area contributed by atoms with Crippen LogP contribution in [0.4, 0.5) is 10.7 Å². The Morgan fingerprint density at radius 3 is 2.86 bits per heavy atom. The predicted molar refractivity (Wildman–Crippen MR) is 112 cm³/mol. The van der Waals surface area contributed by atoms with E-state index >= 15 is 0 Å². The summed E-state index contributed by atoms with van der Waals surface area (Å²) in [7, 11) is 1.94. The van der Waals surface area contributed by atoms with Crippen LogP contribution in [0.2, 0.25) is 0 Å². The summed E-state index contributed by atoms with van der Waals surface area (Å²) in [4.78, 5) is 17.9. The number of aromatic nitrogens is 2. The van der Waals surface area contributed by atoms with E-state index < -0.39 is 0 Å². The molecule has 0 amide bonds. The first kappa shape index (κ1) is 17.2. The molecule has 1 unspecified atom stereocenters. The zero-order valence-corrected chi connectivity index (χ0v) is 16.9. The molecule has 0 bridgehead atoms. The first-order valence-electron chi connectivity index (χ1n) is 9.33. The number of nitrogens with zero attached hydrogens (tertiary/aromatic N) is 3. The number of rotatable bonds is 1. The van der Waals surface area contributed by atoms with E-state index in [0.29, 0.717) is 11.4 Å². The summed E-state index contributed by atoms with van der Waals surface area (Å²) in [5.74, 6) is 0.0424. The number of aryl methyl sites for hydroxylation is 1. The maximum absolute atomic E-state index is 13.3. The van der Waals surface area contributed by atoms with Crippen LogP contribution < -0.4 is 5.32 Å². The molecule has 0 saturated carbocycles. The summed E-state index contributed by atoms with van der Waals surface area (Å²) in [5.41, 5.74) is 4.98. The molecule has 1 aromatic carbocycles. The van der Waals surface area contributed by atoms with E-state index in [0.717, 1.165) is 44.7 Å². The van der Waals surface area contributed by atoms with Crippen LogP contribution in [0.15, 0.2) is 41.7 Å². The van der Waals surface area contributed by atoms with Crippen molar-refractivity contribution in [2.24, 2.45) is 12.5 Å². The van der Waals surface area contributed by atoms with E-state index in [1.54, 1.807) is 0 Å². The average molecular weight is 388 g/mol. The molecule has 28 heavy (non-hydrogen) atoms. The molecular weight excluding hydrogens is 368 g/mol. The normalized spacial score (nSPS) is 20.5. The predicted octanol–water partition coefficient (Wildman–Crippen LogP) is 5.39. The molecule has 0 fully saturated rings. The number of thiophene rings is 1. The van der Waals surface area contributed by atoms with Gasteiger partial charge in [0.25, 0.3) is 0 Å². The van der Waals surface area contributed by atoms with Crippen molar-refractivity contribution < 1.29 is 4.79 Å². The van der Waals surface area contributed by atoms with Crippen molar-refractivity contribution in [3.63, 3.8) is 0 Å². The number of hydrogen-bond donors (Lipinski definition) is 1. The Kier molecular flexibility index (Phi) is 3.56. The molecule has 5 rings (SSSR count). The second kappa shape index (κ2) is 5.79. The number of carbonyl (C=O) groups excluding carboxylic acids is 1. The lowest BCUT2D eigenvalue weighted by Gasteiger charge is -2.39. The molecule has 5 nitrogen and oxygen atoms in total. The Labute approximate surface area is 167 Å². The van der Waals surface area contributed by atoms with Crippen molar-refractivity contribution in [3.05, 3.63) is 63.6 Å². The van der Waals surface area contributed by atoms with Gasteiger partial charge < -0.3 is 5.32 Å². The van der Waals surface area contributed by atoms with Crippen molar-refractivity contribution in [3.8, 4) is 0 Å². The van der Waals surface area contributed by atoms with Gasteiger partial charge in [-0.05, 0) is 30.0 Å².